The van der Waals surface area contributed by atoms with Crippen molar-refractivity contribution in [2.75, 3.05) is 0 Å². The first-order chi connectivity index (χ1) is 7.69. The number of allylic oxidation sites excluding steroid dienone is 10. The molecule has 0 amide bonds. The van der Waals surface area contributed by atoms with Crippen LogP contribution < -0.4 is 0 Å². The fraction of sp³-hybridized carbons (Fsp3) is 0.125. The maximum Gasteiger partial charge on any atom is -0.00259 e. The molecule has 0 saturated carbocycles. The van der Waals surface area contributed by atoms with Gasteiger partial charge in [-0.1, -0.05) is 68.8 Å². The molecule has 0 rings (SSSR count). The minimum absolute atomic E-state index is 0.777. The van der Waals surface area contributed by atoms with Gasteiger partial charge in [0.25, 0.3) is 0 Å². The van der Waals surface area contributed by atoms with Gasteiger partial charge in [0.1, 0.15) is 0 Å². The van der Waals surface area contributed by atoms with Crippen molar-refractivity contribution in [1.82, 2.24) is 0 Å². The Morgan fingerprint density at radius 2 is 1.69 bits per heavy atom. The molecule has 0 aliphatic carbocycles. The minimum Gasteiger partial charge on any atom is -0.0991 e. The van der Waals surface area contributed by atoms with E-state index in [4.69, 9.17) is 0 Å². The van der Waals surface area contributed by atoms with Crippen LogP contribution in [0.4, 0.5) is 0 Å². The van der Waals surface area contributed by atoms with Crippen LogP contribution in [0.2, 0.25) is 0 Å². The molecule has 16 heavy (non-hydrogen) atoms. The lowest BCUT2D eigenvalue weighted by Crippen LogP contribution is -1.87. The molecule has 0 aromatic carbocycles. The van der Waals surface area contributed by atoms with Crippen LogP contribution in [0.15, 0.2) is 85.6 Å². The second-order valence-corrected chi connectivity index (χ2v) is 3.32. The molecule has 0 N–H and O–H groups in total. The Kier molecular flexibility index (Phi) is 7.52. The van der Waals surface area contributed by atoms with Crippen LogP contribution in [0.3, 0.4) is 0 Å². The van der Waals surface area contributed by atoms with Crippen LogP contribution in [-0.4, -0.2) is 0 Å². The second-order valence-electron chi connectivity index (χ2n) is 3.32. The van der Waals surface area contributed by atoms with Gasteiger partial charge >= 0.3 is 0 Å². The highest BCUT2D eigenvalue weighted by atomic mass is 14.0. The summed E-state index contributed by atoms with van der Waals surface area (Å²) >= 11 is 0. The Labute approximate surface area is 99.4 Å². The van der Waals surface area contributed by atoms with E-state index in [0.29, 0.717) is 0 Å². The number of hydrogen-bond donors (Lipinski definition) is 0. The molecule has 0 aromatic rings. The topological polar surface area (TPSA) is 0 Å². The summed E-state index contributed by atoms with van der Waals surface area (Å²) in [6.45, 7) is 17.2. The molecular weight excluding hydrogens is 192 g/mol. The van der Waals surface area contributed by atoms with Crippen molar-refractivity contribution < 1.29 is 0 Å². The largest absolute Gasteiger partial charge is 0.0991 e. The third-order valence-electron chi connectivity index (χ3n) is 2.06. The monoisotopic (exact) mass is 212 g/mol. The Morgan fingerprint density at radius 1 is 1.06 bits per heavy atom. The molecule has 0 spiro atoms. The molecular formula is C16H20. The maximum atomic E-state index is 4.07. The van der Waals surface area contributed by atoms with E-state index in [1.54, 1.807) is 12.2 Å². The first-order valence-electron chi connectivity index (χ1n) is 5.27. The minimum atomic E-state index is 0.777. The lowest BCUT2D eigenvalue weighted by Gasteiger charge is -2.07. The van der Waals surface area contributed by atoms with Gasteiger partial charge in [-0.3, -0.25) is 0 Å². The predicted octanol–water partition coefficient (Wildman–Crippen LogP) is 4.92. The number of rotatable bonds is 7. The summed E-state index contributed by atoms with van der Waals surface area (Å²) in [5.41, 5.74) is 3.25. The van der Waals surface area contributed by atoms with Gasteiger partial charge in [0.05, 0.1) is 0 Å². The predicted molar refractivity (Wildman–Crippen MR) is 75.3 cm³/mol. The molecule has 0 heterocycles. The van der Waals surface area contributed by atoms with Gasteiger partial charge in [0.2, 0.25) is 0 Å². The molecule has 0 unspecified atom stereocenters. The van der Waals surface area contributed by atoms with Crippen molar-refractivity contribution in [3.63, 3.8) is 0 Å². The van der Waals surface area contributed by atoms with E-state index in [0.717, 1.165) is 23.1 Å². The van der Waals surface area contributed by atoms with Crippen molar-refractivity contribution in [1.29, 1.82) is 0 Å². The van der Waals surface area contributed by atoms with Crippen molar-refractivity contribution >= 4 is 0 Å². The summed E-state index contributed by atoms with van der Waals surface area (Å²) in [7, 11) is 0. The summed E-state index contributed by atoms with van der Waals surface area (Å²) in [4.78, 5) is 0. The summed E-state index contributed by atoms with van der Waals surface area (Å²) in [6.07, 6.45) is 14.1. The van der Waals surface area contributed by atoms with E-state index in [9.17, 15) is 0 Å². The average Bonchev–Trinajstić information content (AvgIpc) is 2.28. The van der Waals surface area contributed by atoms with E-state index in [-0.39, 0.29) is 0 Å². The van der Waals surface area contributed by atoms with Crippen LogP contribution in [0.25, 0.3) is 0 Å². The highest BCUT2D eigenvalue weighted by Gasteiger charge is 2.00. The lowest BCUT2D eigenvalue weighted by molar-refractivity contribution is 1.19. The number of hydrogen-bond acceptors (Lipinski definition) is 0. The summed E-state index contributed by atoms with van der Waals surface area (Å²) in [5.74, 6) is 0. The maximum absolute atomic E-state index is 4.07. The molecule has 0 aliphatic heterocycles. The fourth-order valence-corrected chi connectivity index (χ4v) is 1.30. The Hall–Kier alpha value is -1.82. The third-order valence-corrected chi connectivity index (χ3v) is 2.06. The first-order valence-corrected chi connectivity index (χ1v) is 5.27. The van der Waals surface area contributed by atoms with Gasteiger partial charge in [-0.25, -0.2) is 0 Å². The molecule has 0 aliphatic rings. The SMILES string of the molecule is C=C/C=C(\C=C)CC(=C)C(/C=C\C)=C/C=C. The first kappa shape index (κ1) is 14.2. The lowest BCUT2D eigenvalue weighted by atomic mass is 9.98. The molecule has 0 nitrogen and oxygen atoms in total. The Balaban J connectivity index is 4.84. The van der Waals surface area contributed by atoms with Crippen LogP contribution >= 0.6 is 0 Å². The second kappa shape index (κ2) is 8.49. The molecule has 0 heteroatoms. The third kappa shape index (κ3) is 5.16. The molecule has 0 saturated heterocycles. The fourth-order valence-electron chi connectivity index (χ4n) is 1.30. The van der Waals surface area contributed by atoms with Crippen molar-refractivity contribution in [3.8, 4) is 0 Å². The molecule has 0 atom stereocenters. The Morgan fingerprint density at radius 3 is 2.12 bits per heavy atom. The summed E-state index contributed by atoms with van der Waals surface area (Å²) in [5, 5.41) is 0. The zero-order valence-corrected chi connectivity index (χ0v) is 10.1. The molecule has 0 bridgehead atoms. The van der Waals surface area contributed by atoms with Crippen LogP contribution in [-0.2, 0) is 0 Å². The quantitative estimate of drug-likeness (QED) is 0.525. The van der Waals surface area contributed by atoms with Crippen molar-refractivity contribution in [3.05, 3.63) is 85.6 Å². The van der Waals surface area contributed by atoms with E-state index in [1.165, 1.54) is 0 Å². The van der Waals surface area contributed by atoms with Gasteiger partial charge in [-0.15, -0.1) is 0 Å². The van der Waals surface area contributed by atoms with Crippen LogP contribution in [0, 0.1) is 0 Å². The molecule has 0 fully saturated rings. The van der Waals surface area contributed by atoms with Crippen molar-refractivity contribution in [2.45, 2.75) is 13.3 Å². The zero-order valence-electron chi connectivity index (χ0n) is 10.1. The smallest absolute Gasteiger partial charge is 0.00259 e. The van der Waals surface area contributed by atoms with Gasteiger partial charge in [-0.2, -0.15) is 0 Å². The van der Waals surface area contributed by atoms with Gasteiger partial charge < -0.3 is 0 Å². The van der Waals surface area contributed by atoms with E-state index in [1.807, 2.05) is 37.3 Å². The van der Waals surface area contributed by atoms with Crippen molar-refractivity contribution in [2.24, 2.45) is 0 Å². The van der Waals surface area contributed by atoms with Crippen LogP contribution in [0.1, 0.15) is 13.3 Å². The molecule has 0 aromatic heterocycles. The highest BCUT2D eigenvalue weighted by Crippen LogP contribution is 2.19. The average molecular weight is 212 g/mol. The Bertz CT molecular complexity index is 359. The van der Waals surface area contributed by atoms with E-state index < -0.39 is 0 Å². The van der Waals surface area contributed by atoms with Gasteiger partial charge in [0, 0.05) is 0 Å². The highest BCUT2D eigenvalue weighted by molar-refractivity contribution is 5.43. The van der Waals surface area contributed by atoms with Gasteiger partial charge in [-0.05, 0) is 30.1 Å². The summed E-state index contributed by atoms with van der Waals surface area (Å²) in [6, 6.07) is 0. The standard InChI is InChI=1S/C16H20/c1-6-10-15(9-4)13-14(5)16(11-7-2)12-8-3/h6-12H,1-2,4-5,13H2,3H3/b12-8-,15-10+,16-11+. The van der Waals surface area contributed by atoms with E-state index in [2.05, 4.69) is 26.3 Å². The van der Waals surface area contributed by atoms with E-state index >= 15 is 0 Å². The van der Waals surface area contributed by atoms with Gasteiger partial charge in [0.15, 0.2) is 0 Å². The molecule has 84 valence electrons. The summed E-state index contributed by atoms with van der Waals surface area (Å²) < 4.78 is 0. The zero-order chi connectivity index (χ0) is 12.4. The molecule has 0 radical (unpaired) electrons. The normalized spacial score (nSPS) is 12.6. The van der Waals surface area contributed by atoms with Crippen LogP contribution in [0.5, 0.6) is 0 Å².